The molecule has 168 valence electrons. The summed E-state index contributed by atoms with van der Waals surface area (Å²) in [6, 6.07) is 17.7. The zero-order chi connectivity index (χ0) is 23.2. The Balaban J connectivity index is 1.66. The normalized spacial score (nSPS) is 10.7. The van der Waals surface area contributed by atoms with Gasteiger partial charge < -0.3 is 14.8 Å². The predicted molar refractivity (Wildman–Crippen MR) is 129 cm³/mol. The van der Waals surface area contributed by atoms with Gasteiger partial charge in [0.05, 0.1) is 36.2 Å². The van der Waals surface area contributed by atoms with Crippen LogP contribution in [-0.2, 0) is 4.79 Å². The van der Waals surface area contributed by atoms with E-state index in [2.05, 4.69) is 15.3 Å². The third kappa shape index (κ3) is 4.98. The molecule has 4 aromatic rings. The average molecular weight is 463 g/mol. The molecule has 9 heteroatoms. The second-order valence-electron chi connectivity index (χ2n) is 6.88. The lowest BCUT2D eigenvalue weighted by Gasteiger charge is -2.14. The number of hydrogen-bond donors (Lipinski definition) is 1. The number of benzene rings is 2. The van der Waals surface area contributed by atoms with Crippen LogP contribution in [0.5, 0.6) is 11.5 Å². The van der Waals surface area contributed by atoms with Crippen molar-refractivity contribution in [2.75, 3.05) is 24.8 Å². The number of ether oxygens (including phenoxy) is 2. The summed E-state index contributed by atoms with van der Waals surface area (Å²) in [5.74, 6) is 0.987. The topological polar surface area (TPSA) is 95.3 Å². The van der Waals surface area contributed by atoms with Gasteiger partial charge >= 0.3 is 0 Å². The minimum Gasteiger partial charge on any atom is -0.497 e. The Bertz CT molecular complexity index is 1360. The zero-order valence-electron chi connectivity index (χ0n) is 18.1. The van der Waals surface area contributed by atoms with Gasteiger partial charge in [-0.1, -0.05) is 30.0 Å². The summed E-state index contributed by atoms with van der Waals surface area (Å²) in [6.07, 6.45) is 1.58. The fraction of sp³-hybridized carbons (Fsp3) is 0.167. The smallest absolute Gasteiger partial charge is 0.268 e. The van der Waals surface area contributed by atoms with Crippen LogP contribution in [0.15, 0.2) is 76.8 Å². The zero-order valence-corrected chi connectivity index (χ0v) is 19.0. The van der Waals surface area contributed by atoms with Gasteiger partial charge in [-0.05, 0) is 43.3 Å². The third-order valence-electron chi connectivity index (χ3n) is 4.72. The Morgan fingerprint density at radius 2 is 1.97 bits per heavy atom. The van der Waals surface area contributed by atoms with Crippen LogP contribution in [0.25, 0.3) is 16.7 Å². The van der Waals surface area contributed by atoms with E-state index in [9.17, 15) is 9.59 Å². The fourth-order valence-corrected chi connectivity index (χ4v) is 4.04. The van der Waals surface area contributed by atoms with Crippen LogP contribution in [0.2, 0.25) is 0 Å². The summed E-state index contributed by atoms with van der Waals surface area (Å²) in [7, 11) is 1.56. The van der Waals surface area contributed by atoms with Crippen molar-refractivity contribution < 1.29 is 14.3 Å². The third-order valence-corrected chi connectivity index (χ3v) is 5.66. The monoisotopic (exact) mass is 462 g/mol. The molecule has 0 aliphatic carbocycles. The van der Waals surface area contributed by atoms with Gasteiger partial charge in [0, 0.05) is 12.3 Å². The molecule has 0 saturated heterocycles. The highest BCUT2D eigenvalue weighted by Crippen LogP contribution is 2.26. The van der Waals surface area contributed by atoms with Gasteiger partial charge in [-0.25, -0.2) is 9.97 Å². The van der Waals surface area contributed by atoms with Crippen molar-refractivity contribution in [3.63, 3.8) is 0 Å². The molecule has 0 atom stereocenters. The van der Waals surface area contributed by atoms with E-state index in [1.54, 1.807) is 61.8 Å². The van der Waals surface area contributed by atoms with Crippen molar-refractivity contribution in [3.05, 3.63) is 77.2 Å². The number of methoxy groups -OCH3 is 1. The van der Waals surface area contributed by atoms with Crippen LogP contribution in [0.4, 0.5) is 5.69 Å². The van der Waals surface area contributed by atoms with Crippen LogP contribution >= 0.6 is 11.8 Å². The van der Waals surface area contributed by atoms with Crippen molar-refractivity contribution in [2.45, 2.75) is 12.1 Å². The van der Waals surface area contributed by atoms with Gasteiger partial charge in [-0.3, -0.25) is 14.2 Å². The van der Waals surface area contributed by atoms with E-state index in [1.165, 1.54) is 4.57 Å². The minimum absolute atomic E-state index is 0.0369. The fourth-order valence-electron chi connectivity index (χ4n) is 3.24. The van der Waals surface area contributed by atoms with E-state index in [-0.39, 0.29) is 17.2 Å². The average Bonchev–Trinajstić information content (AvgIpc) is 2.84. The second kappa shape index (κ2) is 10.2. The maximum atomic E-state index is 13.3. The molecule has 1 amide bonds. The first-order valence-corrected chi connectivity index (χ1v) is 11.3. The van der Waals surface area contributed by atoms with Crippen LogP contribution < -0.4 is 20.3 Å². The lowest BCUT2D eigenvalue weighted by molar-refractivity contribution is -0.113. The molecule has 4 rings (SSSR count). The summed E-state index contributed by atoms with van der Waals surface area (Å²) in [4.78, 5) is 34.8. The van der Waals surface area contributed by atoms with Crippen molar-refractivity contribution in [3.8, 4) is 17.2 Å². The summed E-state index contributed by atoms with van der Waals surface area (Å²) in [6.45, 7) is 2.37. The van der Waals surface area contributed by atoms with Gasteiger partial charge in [-0.15, -0.1) is 0 Å². The molecule has 2 aromatic heterocycles. The Morgan fingerprint density at radius 3 is 2.79 bits per heavy atom. The number of aromatic nitrogens is 3. The Morgan fingerprint density at radius 1 is 1.12 bits per heavy atom. The Labute approximate surface area is 194 Å². The summed E-state index contributed by atoms with van der Waals surface area (Å²) in [5, 5.41) is 3.60. The molecule has 0 fully saturated rings. The van der Waals surface area contributed by atoms with Gasteiger partial charge in [0.1, 0.15) is 11.5 Å². The largest absolute Gasteiger partial charge is 0.497 e. The van der Waals surface area contributed by atoms with E-state index < -0.39 is 0 Å². The van der Waals surface area contributed by atoms with Crippen LogP contribution in [0.3, 0.4) is 0 Å². The van der Waals surface area contributed by atoms with Crippen LogP contribution in [-0.4, -0.2) is 39.9 Å². The quantitative estimate of drug-likeness (QED) is 0.313. The number of fused-ring (bicyclic) bond motifs is 1. The van der Waals surface area contributed by atoms with Crippen LogP contribution in [0.1, 0.15) is 6.92 Å². The summed E-state index contributed by atoms with van der Waals surface area (Å²) >= 11 is 1.15. The molecule has 0 radical (unpaired) electrons. The molecule has 33 heavy (non-hydrogen) atoms. The lowest BCUT2D eigenvalue weighted by atomic mass is 10.3. The second-order valence-corrected chi connectivity index (χ2v) is 7.82. The first-order valence-electron chi connectivity index (χ1n) is 10.3. The Kier molecular flexibility index (Phi) is 6.89. The molecule has 1 N–H and O–H groups in total. The van der Waals surface area contributed by atoms with Gasteiger partial charge in [0.2, 0.25) is 5.91 Å². The van der Waals surface area contributed by atoms with E-state index in [0.29, 0.717) is 45.7 Å². The number of rotatable bonds is 8. The molecule has 2 aromatic carbocycles. The molecular formula is C24H22N4O4S. The highest BCUT2D eigenvalue weighted by molar-refractivity contribution is 7.99. The maximum Gasteiger partial charge on any atom is 0.268 e. The molecule has 0 bridgehead atoms. The summed E-state index contributed by atoms with van der Waals surface area (Å²) in [5.41, 5.74) is 1.22. The first-order chi connectivity index (χ1) is 16.1. The molecular weight excluding hydrogens is 440 g/mol. The number of thioether (sulfide) groups is 1. The molecule has 8 nitrogen and oxygen atoms in total. The van der Waals surface area contributed by atoms with Gasteiger partial charge in [0.15, 0.2) is 10.8 Å². The number of nitrogens with zero attached hydrogens (tertiary/aromatic N) is 3. The molecule has 2 heterocycles. The number of pyridine rings is 1. The maximum absolute atomic E-state index is 13.3. The highest BCUT2D eigenvalue weighted by Gasteiger charge is 2.16. The van der Waals surface area contributed by atoms with E-state index in [4.69, 9.17) is 9.47 Å². The SMILES string of the molecule is CCOc1ccccc1NC(=O)CSc1nc2ncccc2c(=O)n1-c1cccc(OC)c1. The molecule has 0 saturated carbocycles. The summed E-state index contributed by atoms with van der Waals surface area (Å²) < 4.78 is 12.3. The van der Waals surface area contributed by atoms with Crippen LogP contribution in [0, 0.1) is 0 Å². The standard InChI is InChI=1S/C24H22N4O4S/c1-3-32-20-12-5-4-11-19(20)26-21(29)15-33-24-27-22-18(10-7-13-25-22)23(30)28(24)16-8-6-9-17(14-16)31-2/h4-14H,3,15H2,1-2H3,(H,26,29). The molecule has 0 aliphatic rings. The van der Waals surface area contributed by atoms with Crippen molar-refractivity contribution in [1.82, 2.24) is 14.5 Å². The van der Waals surface area contributed by atoms with Crippen molar-refractivity contribution in [2.24, 2.45) is 0 Å². The van der Waals surface area contributed by atoms with E-state index in [1.807, 2.05) is 19.1 Å². The number of carbonyl (C=O) groups excluding carboxylic acids is 1. The van der Waals surface area contributed by atoms with Gasteiger partial charge in [-0.2, -0.15) is 0 Å². The minimum atomic E-state index is -0.272. The molecule has 0 spiro atoms. The van der Waals surface area contributed by atoms with Gasteiger partial charge in [0.25, 0.3) is 5.56 Å². The van der Waals surface area contributed by atoms with Crippen molar-refractivity contribution >= 4 is 34.4 Å². The van der Waals surface area contributed by atoms with E-state index >= 15 is 0 Å². The lowest BCUT2D eigenvalue weighted by Crippen LogP contribution is -2.23. The molecule has 0 unspecified atom stereocenters. The number of hydrogen-bond acceptors (Lipinski definition) is 7. The highest BCUT2D eigenvalue weighted by atomic mass is 32.2. The van der Waals surface area contributed by atoms with E-state index in [0.717, 1.165) is 11.8 Å². The predicted octanol–water partition coefficient (Wildman–Crippen LogP) is 3.92. The number of anilines is 1. The first kappa shape index (κ1) is 22.3. The number of amides is 1. The number of nitrogens with one attached hydrogen (secondary N) is 1. The number of carbonyl (C=O) groups is 1. The molecule has 0 aliphatic heterocycles. The van der Waals surface area contributed by atoms with Crippen molar-refractivity contribution in [1.29, 1.82) is 0 Å². The Hall–Kier alpha value is -3.85. The number of para-hydroxylation sites is 2.